The molecule has 0 radical (unpaired) electrons. The standard InChI is InChI=1S/C19H28O/c1-2-3-4-5-6-7-8-9-10-11-14-18-15-12-13-16-19(18)17-20/h11-17H,2-10H2,1H3. The largest absolute Gasteiger partial charge is 0.298 e. The number of hydrogen-bond donors (Lipinski definition) is 0. The zero-order valence-electron chi connectivity index (χ0n) is 12.8. The first-order valence-corrected chi connectivity index (χ1v) is 8.09. The highest BCUT2D eigenvalue weighted by molar-refractivity contribution is 5.81. The van der Waals surface area contributed by atoms with E-state index < -0.39 is 0 Å². The summed E-state index contributed by atoms with van der Waals surface area (Å²) >= 11 is 0. The van der Waals surface area contributed by atoms with Crippen LogP contribution in [0, 0.1) is 0 Å². The lowest BCUT2D eigenvalue weighted by Crippen LogP contribution is -1.84. The van der Waals surface area contributed by atoms with E-state index >= 15 is 0 Å². The van der Waals surface area contributed by atoms with Crippen LogP contribution in [-0.4, -0.2) is 6.29 Å². The Morgan fingerprint density at radius 1 is 0.850 bits per heavy atom. The number of carbonyl (C=O) groups excluding carboxylic acids is 1. The van der Waals surface area contributed by atoms with E-state index in [2.05, 4.69) is 19.1 Å². The Morgan fingerprint density at radius 3 is 2.10 bits per heavy atom. The molecule has 0 aliphatic rings. The molecule has 0 unspecified atom stereocenters. The van der Waals surface area contributed by atoms with Gasteiger partial charge in [-0.15, -0.1) is 0 Å². The first kappa shape index (κ1) is 16.7. The first-order chi connectivity index (χ1) is 9.88. The van der Waals surface area contributed by atoms with E-state index in [9.17, 15) is 4.79 Å². The van der Waals surface area contributed by atoms with Crippen molar-refractivity contribution in [2.45, 2.75) is 64.7 Å². The van der Waals surface area contributed by atoms with Crippen molar-refractivity contribution >= 4 is 12.4 Å². The van der Waals surface area contributed by atoms with Crippen LogP contribution < -0.4 is 0 Å². The Labute approximate surface area is 124 Å². The van der Waals surface area contributed by atoms with Crippen LogP contribution in [-0.2, 0) is 0 Å². The molecule has 0 saturated carbocycles. The maximum Gasteiger partial charge on any atom is 0.150 e. The predicted molar refractivity (Wildman–Crippen MR) is 88.1 cm³/mol. The van der Waals surface area contributed by atoms with Gasteiger partial charge in [-0.05, 0) is 18.4 Å². The minimum atomic E-state index is 0.777. The molecule has 0 saturated heterocycles. The van der Waals surface area contributed by atoms with E-state index in [1.807, 2.05) is 24.3 Å². The molecule has 0 aromatic heterocycles. The van der Waals surface area contributed by atoms with Crippen molar-refractivity contribution < 1.29 is 4.79 Å². The number of aldehydes is 1. The van der Waals surface area contributed by atoms with Gasteiger partial charge in [0.05, 0.1) is 0 Å². The molecule has 0 aliphatic carbocycles. The summed E-state index contributed by atoms with van der Waals surface area (Å²) in [5, 5.41) is 0. The molecule has 1 aromatic carbocycles. The van der Waals surface area contributed by atoms with Crippen LogP contribution in [0.2, 0.25) is 0 Å². The SMILES string of the molecule is CCCCCCCCCCC=Cc1ccccc1C=O. The summed E-state index contributed by atoms with van der Waals surface area (Å²) in [5.74, 6) is 0. The summed E-state index contributed by atoms with van der Waals surface area (Å²) in [6, 6.07) is 7.74. The second-order valence-corrected chi connectivity index (χ2v) is 5.41. The molecular formula is C19H28O. The monoisotopic (exact) mass is 272 g/mol. The Bertz CT molecular complexity index is 393. The molecule has 20 heavy (non-hydrogen) atoms. The summed E-state index contributed by atoms with van der Waals surface area (Å²) < 4.78 is 0. The van der Waals surface area contributed by atoms with Crippen LogP contribution in [0.3, 0.4) is 0 Å². The molecule has 110 valence electrons. The van der Waals surface area contributed by atoms with Crippen molar-refractivity contribution in [1.82, 2.24) is 0 Å². The average molecular weight is 272 g/mol. The van der Waals surface area contributed by atoms with Gasteiger partial charge in [-0.1, -0.05) is 88.3 Å². The molecule has 1 rings (SSSR count). The molecule has 1 aromatic rings. The zero-order chi connectivity index (χ0) is 14.5. The van der Waals surface area contributed by atoms with Crippen molar-refractivity contribution in [2.24, 2.45) is 0 Å². The second-order valence-electron chi connectivity index (χ2n) is 5.41. The van der Waals surface area contributed by atoms with Crippen molar-refractivity contribution in [3.8, 4) is 0 Å². The smallest absolute Gasteiger partial charge is 0.150 e. The summed E-state index contributed by atoms with van der Waals surface area (Å²) in [6.07, 6.45) is 17.2. The average Bonchev–Trinajstić information content (AvgIpc) is 2.49. The number of hydrogen-bond acceptors (Lipinski definition) is 1. The number of carbonyl (C=O) groups is 1. The van der Waals surface area contributed by atoms with Gasteiger partial charge in [0.25, 0.3) is 0 Å². The summed E-state index contributed by atoms with van der Waals surface area (Å²) in [6.45, 7) is 2.26. The number of rotatable bonds is 11. The van der Waals surface area contributed by atoms with Gasteiger partial charge >= 0.3 is 0 Å². The molecule has 0 heterocycles. The van der Waals surface area contributed by atoms with Crippen LogP contribution >= 0.6 is 0 Å². The minimum absolute atomic E-state index is 0.777. The molecule has 0 N–H and O–H groups in total. The highest BCUT2D eigenvalue weighted by Gasteiger charge is 1.95. The van der Waals surface area contributed by atoms with Gasteiger partial charge in [-0.25, -0.2) is 0 Å². The lowest BCUT2D eigenvalue weighted by molar-refractivity contribution is 0.112. The van der Waals surface area contributed by atoms with Gasteiger partial charge in [0.15, 0.2) is 6.29 Å². The summed E-state index contributed by atoms with van der Waals surface area (Å²) in [4.78, 5) is 10.9. The van der Waals surface area contributed by atoms with Crippen molar-refractivity contribution in [3.63, 3.8) is 0 Å². The fourth-order valence-electron chi connectivity index (χ4n) is 2.38. The third-order valence-electron chi connectivity index (χ3n) is 3.64. The van der Waals surface area contributed by atoms with Gasteiger partial charge in [0.2, 0.25) is 0 Å². The van der Waals surface area contributed by atoms with Gasteiger partial charge < -0.3 is 0 Å². The second kappa shape index (κ2) is 11.5. The van der Waals surface area contributed by atoms with Crippen LogP contribution in [0.25, 0.3) is 6.08 Å². The molecule has 1 heteroatoms. The maximum absolute atomic E-state index is 10.9. The van der Waals surface area contributed by atoms with E-state index in [4.69, 9.17) is 0 Å². The normalized spacial score (nSPS) is 11.1. The molecule has 0 amide bonds. The van der Waals surface area contributed by atoms with Crippen LogP contribution in [0.4, 0.5) is 0 Å². The van der Waals surface area contributed by atoms with E-state index in [0.717, 1.165) is 23.8 Å². The highest BCUT2D eigenvalue weighted by Crippen LogP contribution is 2.12. The maximum atomic E-state index is 10.9. The number of allylic oxidation sites excluding steroid dienone is 1. The number of unbranched alkanes of at least 4 members (excludes halogenated alkanes) is 8. The lowest BCUT2D eigenvalue weighted by atomic mass is 10.1. The third-order valence-corrected chi connectivity index (χ3v) is 3.64. The van der Waals surface area contributed by atoms with Crippen molar-refractivity contribution in [1.29, 1.82) is 0 Å². The molecule has 0 aliphatic heterocycles. The molecule has 1 nitrogen and oxygen atoms in total. The predicted octanol–water partition coefficient (Wildman–Crippen LogP) is 6.04. The molecular weight excluding hydrogens is 244 g/mol. The minimum Gasteiger partial charge on any atom is -0.298 e. The first-order valence-electron chi connectivity index (χ1n) is 8.09. The summed E-state index contributed by atoms with van der Waals surface area (Å²) in [7, 11) is 0. The van der Waals surface area contributed by atoms with E-state index in [-0.39, 0.29) is 0 Å². The quantitative estimate of drug-likeness (QED) is 0.354. The van der Waals surface area contributed by atoms with Gasteiger partial charge in [-0.2, -0.15) is 0 Å². The molecule has 0 fully saturated rings. The van der Waals surface area contributed by atoms with Gasteiger partial charge in [0, 0.05) is 5.56 Å². The Balaban J connectivity index is 2.09. The van der Waals surface area contributed by atoms with Crippen LogP contribution in [0.5, 0.6) is 0 Å². The summed E-state index contributed by atoms with van der Waals surface area (Å²) in [5.41, 5.74) is 1.81. The highest BCUT2D eigenvalue weighted by atomic mass is 16.1. The van der Waals surface area contributed by atoms with E-state index in [0.29, 0.717) is 0 Å². The zero-order valence-corrected chi connectivity index (χ0v) is 12.8. The molecule has 0 spiro atoms. The van der Waals surface area contributed by atoms with Crippen molar-refractivity contribution in [2.75, 3.05) is 0 Å². The molecule has 0 bridgehead atoms. The Kier molecular flexibility index (Phi) is 9.56. The van der Waals surface area contributed by atoms with Crippen LogP contribution in [0.15, 0.2) is 30.3 Å². The van der Waals surface area contributed by atoms with Crippen molar-refractivity contribution in [3.05, 3.63) is 41.5 Å². The third kappa shape index (κ3) is 7.28. The van der Waals surface area contributed by atoms with E-state index in [1.165, 1.54) is 51.4 Å². The Hall–Kier alpha value is -1.37. The fourth-order valence-corrected chi connectivity index (χ4v) is 2.38. The van der Waals surface area contributed by atoms with Gasteiger partial charge in [0.1, 0.15) is 0 Å². The fraction of sp³-hybridized carbons (Fsp3) is 0.526. The molecule has 0 atom stereocenters. The lowest BCUT2D eigenvalue weighted by Gasteiger charge is -2.00. The van der Waals surface area contributed by atoms with E-state index in [1.54, 1.807) is 0 Å². The van der Waals surface area contributed by atoms with Gasteiger partial charge in [-0.3, -0.25) is 4.79 Å². The Morgan fingerprint density at radius 2 is 1.45 bits per heavy atom. The van der Waals surface area contributed by atoms with Crippen LogP contribution in [0.1, 0.15) is 80.6 Å². The number of benzene rings is 1. The topological polar surface area (TPSA) is 17.1 Å².